The van der Waals surface area contributed by atoms with E-state index in [0.29, 0.717) is 5.57 Å². The lowest BCUT2D eigenvalue weighted by Gasteiger charge is -2.19. The predicted octanol–water partition coefficient (Wildman–Crippen LogP) is 1.70. The standard InChI is InChI=1S/C9H13NO2.ClH/c1-2-4-8-7(9(11)12)5-3-6-10-8;/h3,5-6,8,10H,2,4H2,1H3,(H,11,12);1H. The third kappa shape index (κ3) is 3.11. The second-order valence-electron chi connectivity index (χ2n) is 2.79. The van der Waals surface area contributed by atoms with Gasteiger partial charge in [-0.3, -0.25) is 0 Å². The molecular weight excluding hydrogens is 190 g/mol. The maximum atomic E-state index is 10.7. The summed E-state index contributed by atoms with van der Waals surface area (Å²) in [6.45, 7) is 2.04. The molecule has 74 valence electrons. The molecule has 1 rings (SSSR count). The normalized spacial score (nSPS) is 19.8. The Balaban J connectivity index is 0.00000144. The fourth-order valence-corrected chi connectivity index (χ4v) is 1.28. The molecule has 1 aliphatic heterocycles. The van der Waals surface area contributed by atoms with Crippen molar-refractivity contribution < 1.29 is 9.90 Å². The summed E-state index contributed by atoms with van der Waals surface area (Å²) in [7, 11) is 0. The number of dihydropyridines is 1. The molecule has 1 heterocycles. The molecule has 0 saturated carbocycles. The summed E-state index contributed by atoms with van der Waals surface area (Å²) < 4.78 is 0. The van der Waals surface area contributed by atoms with Crippen molar-refractivity contribution in [2.75, 3.05) is 0 Å². The average molecular weight is 204 g/mol. The number of aliphatic carboxylic acids is 1. The average Bonchev–Trinajstić information content (AvgIpc) is 2.05. The number of rotatable bonds is 3. The van der Waals surface area contributed by atoms with E-state index in [1.54, 1.807) is 18.4 Å². The first kappa shape index (κ1) is 12.0. The fraction of sp³-hybridized carbons (Fsp3) is 0.444. The Morgan fingerprint density at radius 1 is 1.69 bits per heavy atom. The van der Waals surface area contributed by atoms with Gasteiger partial charge in [0.15, 0.2) is 0 Å². The van der Waals surface area contributed by atoms with E-state index >= 15 is 0 Å². The van der Waals surface area contributed by atoms with Crippen molar-refractivity contribution >= 4 is 18.4 Å². The molecule has 0 amide bonds. The third-order valence-electron chi connectivity index (χ3n) is 1.87. The van der Waals surface area contributed by atoms with Crippen LogP contribution in [0.2, 0.25) is 0 Å². The van der Waals surface area contributed by atoms with E-state index in [9.17, 15) is 4.79 Å². The molecular formula is C9H14ClNO2. The first-order valence-corrected chi connectivity index (χ1v) is 4.11. The lowest BCUT2D eigenvalue weighted by Crippen LogP contribution is -2.31. The van der Waals surface area contributed by atoms with Gasteiger partial charge in [-0.1, -0.05) is 13.3 Å². The molecule has 1 atom stereocenters. The van der Waals surface area contributed by atoms with E-state index in [-0.39, 0.29) is 18.4 Å². The van der Waals surface area contributed by atoms with E-state index in [2.05, 4.69) is 5.32 Å². The van der Waals surface area contributed by atoms with Crippen molar-refractivity contribution in [2.24, 2.45) is 0 Å². The van der Waals surface area contributed by atoms with Gasteiger partial charge in [0.25, 0.3) is 0 Å². The van der Waals surface area contributed by atoms with Crippen LogP contribution in [0.1, 0.15) is 19.8 Å². The van der Waals surface area contributed by atoms with Crippen molar-refractivity contribution in [3.05, 3.63) is 23.9 Å². The summed E-state index contributed by atoms with van der Waals surface area (Å²) in [6.07, 6.45) is 7.00. The molecule has 4 heteroatoms. The van der Waals surface area contributed by atoms with Gasteiger partial charge in [0.1, 0.15) is 0 Å². The monoisotopic (exact) mass is 203 g/mol. The van der Waals surface area contributed by atoms with Gasteiger partial charge in [0.05, 0.1) is 11.6 Å². The Kier molecular flexibility index (Phi) is 5.23. The Morgan fingerprint density at radius 2 is 2.38 bits per heavy atom. The molecule has 3 nitrogen and oxygen atoms in total. The molecule has 2 N–H and O–H groups in total. The zero-order valence-electron chi connectivity index (χ0n) is 7.49. The minimum absolute atomic E-state index is 0. The molecule has 1 unspecified atom stereocenters. The van der Waals surface area contributed by atoms with Gasteiger partial charge < -0.3 is 10.4 Å². The van der Waals surface area contributed by atoms with E-state index in [4.69, 9.17) is 5.11 Å². The number of hydrogen-bond donors (Lipinski definition) is 2. The summed E-state index contributed by atoms with van der Waals surface area (Å²) in [6, 6.07) is -0.0162. The SMILES string of the molecule is CCCC1NC=CC=C1C(=O)O.Cl. The summed E-state index contributed by atoms with van der Waals surface area (Å²) in [5.74, 6) is -0.828. The van der Waals surface area contributed by atoms with Crippen LogP contribution in [0.3, 0.4) is 0 Å². The lowest BCUT2D eigenvalue weighted by atomic mass is 10.0. The van der Waals surface area contributed by atoms with Crippen LogP contribution in [-0.2, 0) is 4.79 Å². The van der Waals surface area contributed by atoms with Gasteiger partial charge in [-0.05, 0) is 24.8 Å². The van der Waals surface area contributed by atoms with E-state index in [0.717, 1.165) is 12.8 Å². The molecule has 0 aliphatic carbocycles. The van der Waals surface area contributed by atoms with Gasteiger partial charge >= 0.3 is 5.97 Å². The van der Waals surface area contributed by atoms with Crippen molar-refractivity contribution in [1.82, 2.24) is 5.32 Å². The van der Waals surface area contributed by atoms with Crippen molar-refractivity contribution in [2.45, 2.75) is 25.8 Å². The molecule has 0 fully saturated rings. The minimum atomic E-state index is -0.828. The number of halogens is 1. The topological polar surface area (TPSA) is 49.3 Å². The second kappa shape index (κ2) is 5.65. The highest BCUT2D eigenvalue weighted by atomic mass is 35.5. The van der Waals surface area contributed by atoms with Gasteiger partial charge in [0.2, 0.25) is 0 Å². The molecule has 0 aromatic carbocycles. The van der Waals surface area contributed by atoms with Gasteiger partial charge in [-0.15, -0.1) is 12.4 Å². The summed E-state index contributed by atoms with van der Waals surface area (Å²) in [4.78, 5) is 10.7. The highest BCUT2D eigenvalue weighted by molar-refractivity contribution is 5.88. The Hall–Kier alpha value is -0.960. The molecule has 0 aromatic rings. The van der Waals surface area contributed by atoms with Gasteiger partial charge in [0, 0.05) is 0 Å². The maximum absolute atomic E-state index is 10.7. The third-order valence-corrected chi connectivity index (χ3v) is 1.87. The largest absolute Gasteiger partial charge is 0.478 e. The smallest absolute Gasteiger partial charge is 0.333 e. The van der Waals surface area contributed by atoms with E-state index < -0.39 is 5.97 Å². The molecule has 0 spiro atoms. The van der Waals surface area contributed by atoms with Crippen LogP contribution in [0.4, 0.5) is 0 Å². The van der Waals surface area contributed by atoms with Gasteiger partial charge in [-0.25, -0.2) is 4.79 Å². The number of carbonyl (C=O) groups is 1. The van der Waals surface area contributed by atoms with Crippen LogP contribution in [0, 0.1) is 0 Å². The van der Waals surface area contributed by atoms with Crippen LogP contribution < -0.4 is 5.32 Å². The Morgan fingerprint density at radius 3 is 2.92 bits per heavy atom. The zero-order chi connectivity index (χ0) is 8.97. The lowest BCUT2D eigenvalue weighted by molar-refractivity contribution is -0.133. The Bertz CT molecular complexity index is 236. The van der Waals surface area contributed by atoms with Crippen LogP contribution in [0.5, 0.6) is 0 Å². The zero-order valence-corrected chi connectivity index (χ0v) is 8.30. The maximum Gasteiger partial charge on any atom is 0.333 e. The molecule has 0 aromatic heterocycles. The van der Waals surface area contributed by atoms with Crippen molar-refractivity contribution in [3.63, 3.8) is 0 Å². The number of carboxylic acids is 1. The van der Waals surface area contributed by atoms with Crippen molar-refractivity contribution in [1.29, 1.82) is 0 Å². The molecule has 1 aliphatic rings. The summed E-state index contributed by atoms with van der Waals surface area (Å²) in [5.41, 5.74) is 0.458. The number of hydrogen-bond acceptors (Lipinski definition) is 2. The highest BCUT2D eigenvalue weighted by Crippen LogP contribution is 2.12. The van der Waals surface area contributed by atoms with Crippen LogP contribution in [0.25, 0.3) is 0 Å². The van der Waals surface area contributed by atoms with Gasteiger partial charge in [-0.2, -0.15) is 0 Å². The number of carboxylic acid groups (broad SMARTS) is 1. The van der Waals surface area contributed by atoms with E-state index in [1.165, 1.54) is 0 Å². The quantitative estimate of drug-likeness (QED) is 0.734. The molecule has 0 radical (unpaired) electrons. The summed E-state index contributed by atoms with van der Waals surface area (Å²) >= 11 is 0. The van der Waals surface area contributed by atoms with Crippen LogP contribution >= 0.6 is 12.4 Å². The number of nitrogens with one attached hydrogen (secondary N) is 1. The summed E-state index contributed by atoms with van der Waals surface area (Å²) in [5, 5.41) is 11.8. The predicted molar refractivity (Wildman–Crippen MR) is 53.9 cm³/mol. The number of allylic oxidation sites excluding steroid dienone is 2. The first-order valence-electron chi connectivity index (χ1n) is 4.11. The van der Waals surface area contributed by atoms with Crippen LogP contribution in [0.15, 0.2) is 23.9 Å². The molecule has 0 saturated heterocycles. The molecule has 13 heavy (non-hydrogen) atoms. The highest BCUT2D eigenvalue weighted by Gasteiger charge is 2.19. The molecule has 0 bridgehead atoms. The first-order chi connectivity index (χ1) is 5.75. The van der Waals surface area contributed by atoms with Crippen molar-refractivity contribution in [3.8, 4) is 0 Å². The Labute approximate surface area is 83.9 Å². The second-order valence-corrected chi connectivity index (χ2v) is 2.79. The van der Waals surface area contributed by atoms with E-state index in [1.807, 2.05) is 6.92 Å². The minimum Gasteiger partial charge on any atom is -0.478 e. The fourth-order valence-electron chi connectivity index (χ4n) is 1.28. The van der Waals surface area contributed by atoms with Crippen LogP contribution in [-0.4, -0.2) is 17.1 Å².